The fourth-order valence-electron chi connectivity index (χ4n) is 2.46. The number of hydrogen-bond acceptors (Lipinski definition) is 4. The molecule has 0 aliphatic heterocycles. The Balaban J connectivity index is 1.62. The van der Waals surface area contributed by atoms with Crippen LogP contribution in [0.2, 0.25) is 0 Å². The van der Waals surface area contributed by atoms with Gasteiger partial charge in [0.1, 0.15) is 17.4 Å². The molecule has 0 radical (unpaired) electrons. The number of amides is 1. The van der Waals surface area contributed by atoms with Crippen molar-refractivity contribution in [3.8, 4) is 5.75 Å². The zero-order valence-electron chi connectivity index (χ0n) is 14.5. The third-order valence-electron chi connectivity index (χ3n) is 3.78. The number of benzene rings is 2. The highest BCUT2D eigenvalue weighted by atomic mass is 32.1. The van der Waals surface area contributed by atoms with Crippen molar-refractivity contribution in [3.05, 3.63) is 75.2 Å². The number of carbonyl (C=O) groups is 1. The molecule has 1 N–H and O–H groups in total. The van der Waals surface area contributed by atoms with Crippen molar-refractivity contribution < 1.29 is 9.53 Å². The number of nitrogens with zero attached hydrogens (tertiary/aromatic N) is 1. The largest absolute Gasteiger partial charge is 0.486 e. The average Bonchev–Trinajstić information content (AvgIpc) is 3.01. The monoisotopic (exact) mass is 352 g/mol. The van der Waals surface area contributed by atoms with E-state index in [9.17, 15) is 4.79 Å². The molecule has 0 spiro atoms. The van der Waals surface area contributed by atoms with Crippen LogP contribution < -0.4 is 10.1 Å². The van der Waals surface area contributed by atoms with Crippen LogP contribution in [0.5, 0.6) is 5.75 Å². The summed E-state index contributed by atoms with van der Waals surface area (Å²) in [5.41, 5.74) is 4.65. The first-order valence-electron chi connectivity index (χ1n) is 8.04. The zero-order chi connectivity index (χ0) is 17.8. The standard InChI is InChI=1S/C20H20N2O2S/c1-13-4-9-18(14(2)10-13)22-20(23)16-5-7-17(8-6-16)24-11-19-21-15(3)12-25-19/h4-10,12H,11H2,1-3H3,(H,22,23). The van der Waals surface area contributed by atoms with E-state index in [1.165, 1.54) is 5.56 Å². The first-order valence-corrected chi connectivity index (χ1v) is 8.92. The summed E-state index contributed by atoms with van der Waals surface area (Å²) in [6, 6.07) is 13.1. The number of ether oxygens (including phenoxy) is 1. The van der Waals surface area contributed by atoms with Crippen LogP contribution >= 0.6 is 11.3 Å². The van der Waals surface area contributed by atoms with Gasteiger partial charge in [0.25, 0.3) is 5.91 Å². The van der Waals surface area contributed by atoms with Gasteiger partial charge in [-0.2, -0.15) is 0 Å². The Morgan fingerprint density at radius 2 is 1.88 bits per heavy atom. The molecule has 1 amide bonds. The molecule has 0 saturated heterocycles. The Morgan fingerprint density at radius 1 is 1.12 bits per heavy atom. The lowest BCUT2D eigenvalue weighted by Gasteiger charge is -2.10. The first-order chi connectivity index (χ1) is 12.0. The molecule has 0 bridgehead atoms. The summed E-state index contributed by atoms with van der Waals surface area (Å²) in [5, 5.41) is 5.88. The second-order valence-electron chi connectivity index (χ2n) is 5.97. The fraction of sp³-hybridized carbons (Fsp3) is 0.200. The predicted octanol–water partition coefficient (Wildman–Crippen LogP) is 4.90. The number of aromatic nitrogens is 1. The number of rotatable bonds is 5. The summed E-state index contributed by atoms with van der Waals surface area (Å²) < 4.78 is 5.71. The molecule has 128 valence electrons. The first kappa shape index (κ1) is 17.2. The van der Waals surface area contributed by atoms with Gasteiger partial charge in [0.05, 0.1) is 0 Å². The highest BCUT2D eigenvalue weighted by Gasteiger charge is 2.08. The predicted molar refractivity (Wildman–Crippen MR) is 101 cm³/mol. The average molecular weight is 352 g/mol. The van der Waals surface area contributed by atoms with Gasteiger partial charge >= 0.3 is 0 Å². The minimum atomic E-state index is -0.131. The quantitative estimate of drug-likeness (QED) is 0.710. The number of nitrogens with one attached hydrogen (secondary N) is 1. The Hall–Kier alpha value is -2.66. The van der Waals surface area contributed by atoms with E-state index >= 15 is 0 Å². The van der Waals surface area contributed by atoms with E-state index in [2.05, 4.69) is 10.3 Å². The third kappa shape index (κ3) is 4.45. The summed E-state index contributed by atoms with van der Waals surface area (Å²) in [5.74, 6) is 0.588. The van der Waals surface area contributed by atoms with Gasteiger partial charge < -0.3 is 10.1 Å². The minimum absolute atomic E-state index is 0.131. The SMILES string of the molecule is Cc1ccc(NC(=O)c2ccc(OCc3nc(C)cs3)cc2)c(C)c1. The van der Waals surface area contributed by atoms with Crippen molar-refractivity contribution >= 4 is 22.9 Å². The summed E-state index contributed by atoms with van der Waals surface area (Å²) in [6.07, 6.45) is 0. The lowest BCUT2D eigenvalue weighted by atomic mass is 10.1. The van der Waals surface area contributed by atoms with Crippen molar-refractivity contribution in [2.75, 3.05) is 5.32 Å². The Kier molecular flexibility index (Phi) is 5.14. The van der Waals surface area contributed by atoms with Crippen LogP contribution in [-0.4, -0.2) is 10.9 Å². The van der Waals surface area contributed by atoms with Crippen molar-refractivity contribution in [3.63, 3.8) is 0 Å². The molecule has 3 rings (SSSR count). The number of aryl methyl sites for hydroxylation is 3. The van der Waals surface area contributed by atoms with Crippen LogP contribution in [-0.2, 0) is 6.61 Å². The van der Waals surface area contributed by atoms with Crippen molar-refractivity contribution in [1.82, 2.24) is 4.98 Å². The van der Waals surface area contributed by atoms with Gasteiger partial charge in [0.15, 0.2) is 0 Å². The second kappa shape index (κ2) is 7.49. The van der Waals surface area contributed by atoms with E-state index < -0.39 is 0 Å². The van der Waals surface area contributed by atoms with E-state index in [0.717, 1.165) is 27.7 Å². The summed E-state index contributed by atoms with van der Waals surface area (Å²) in [6.45, 7) is 6.42. The van der Waals surface area contributed by atoms with E-state index in [-0.39, 0.29) is 5.91 Å². The molecule has 4 nitrogen and oxygen atoms in total. The molecule has 0 aliphatic rings. The van der Waals surface area contributed by atoms with Crippen LogP contribution in [0.1, 0.15) is 32.2 Å². The summed E-state index contributed by atoms with van der Waals surface area (Å²) in [4.78, 5) is 16.7. The van der Waals surface area contributed by atoms with Crippen LogP contribution in [0, 0.1) is 20.8 Å². The zero-order valence-corrected chi connectivity index (χ0v) is 15.3. The third-order valence-corrected chi connectivity index (χ3v) is 4.72. The molecule has 25 heavy (non-hydrogen) atoms. The molecule has 5 heteroatoms. The molecule has 0 aliphatic carbocycles. The Labute approximate surface area is 151 Å². The van der Waals surface area contributed by atoms with Crippen LogP contribution in [0.3, 0.4) is 0 Å². The second-order valence-corrected chi connectivity index (χ2v) is 6.91. The van der Waals surface area contributed by atoms with Crippen molar-refractivity contribution in [2.45, 2.75) is 27.4 Å². The van der Waals surface area contributed by atoms with E-state index in [1.807, 2.05) is 44.4 Å². The van der Waals surface area contributed by atoms with Gasteiger partial charge in [-0.25, -0.2) is 4.98 Å². The molecule has 0 fully saturated rings. The van der Waals surface area contributed by atoms with Crippen LogP contribution in [0.15, 0.2) is 47.8 Å². The minimum Gasteiger partial charge on any atom is -0.486 e. The number of thiazole rings is 1. The molecular weight excluding hydrogens is 332 g/mol. The molecular formula is C20H20N2O2S. The fourth-order valence-corrected chi connectivity index (χ4v) is 3.15. The summed E-state index contributed by atoms with van der Waals surface area (Å²) >= 11 is 1.58. The molecule has 1 aromatic heterocycles. The maximum Gasteiger partial charge on any atom is 0.255 e. The van der Waals surface area contributed by atoms with Crippen LogP contribution in [0.25, 0.3) is 0 Å². The smallest absolute Gasteiger partial charge is 0.255 e. The molecule has 0 saturated carbocycles. The van der Waals surface area contributed by atoms with Crippen molar-refractivity contribution in [2.24, 2.45) is 0 Å². The number of anilines is 1. The Bertz CT molecular complexity index is 885. The lowest BCUT2D eigenvalue weighted by Crippen LogP contribution is -2.12. The highest BCUT2D eigenvalue weighted by molar-refractivity contribution is 7.09. The number of carbonyl (C=O) groups excluding carboxylic acids is 1. The van der Waals surface area contributed by atoms with Gasteiger partial charge in [0, 0.05) is 22.3 Å². The molecule has 1 heterocycles. The normalized spacial score (nSPS) is 10.5. The molecule has 0 unspecified atom stereocenters. The maximum atomic E-state index is 12.4. The molecule has 2 aromatic carbocycles. The van der Waals surface area contributed by atoms with Crippen molar-refractivity contribution in [1.29, 1.82) is 0 Å². The topological polar surface area (TPSA) is 51.2 Å². The van der Waals surface area contributed by atoms with Gasteiger partial charge in [-0.05, 0) is 56.7 Å². The van der Waals surface area contributed by atoms with E-state index in [0.29, 0.717) is 12.2 Å². The summed E-state index contributed by atoms with van der Waals surface area (Å²) in [7, 11) is 0. The number of hydrogen-bond donors (Lipinski definition) is 1. The molecule has 0 atom stereocenters. The highest BCUT2D eigenvalue weighted by Crippen LogP contribution is 2.19. The van der Waals surface area contributed by atoms with Gasteiger partial charge in [-0.15, -0.1) is 11.3 Å². The lowest BCUT2D eigenvalue weighted by molar-refractivity contribution is 0.102. The molecule has 3 aromatic rings. The Morgan fingerprint density at radius 3 is 2.52 bits per heavy atom. The van der Waals surface area contributed by atoms with Gasteiger partial charge in [0.2, 0.25) is 0 Å². The maximum absolute atomic E-state index is 12.4. The van der Waals surface area contributed by atoms with Gasteiger partial charge in [-0.1, -0.05) is 17.7 Å². The van der Waals surface area contributed by atoms with E-state index in [1.54, 1.807) is 35.6 Å². The van der Waals surface area contributed by atoms with Crippen LogP contribution in [0.4, 0.5) is 5.69 Å². The van der Waals surface area contributed by atoms with Gasteiger partial charge in [-0.3, -0.25) is 4.79 Å². The van der Waals surface area contributed by atoms with E-state index in [4.69, 9.17) is 4.74 Å².